The first-order valence-electron chi connectivity index (χ1n) is 18.0. The Balaban J connectivity index is 0.00000118. The molecule has 1 heterocycles. The highest BCUT2D eigenvalue weighted by molar-refractivity contribution is 7.14. The van der Waals surface area contributed by atoms with Gasteiger partial charge in [-0.05, 0) is 110 Å². The van der Waals surface area contributed by atoms with Gasteiger partial charge >= 0.3 is 0 Å². The molecular weight excluding hydrogens is 619 g/mol. The number of Topliss-reactive ketones (excluding diaryl/α,β-unsaturated/α-hetero) is 2. The first-order valence-corrected chi connectivity index (χ1v) is 18.8. The molecule has 1 saturated carbocycles. The highest BCUT2D eigenvalue weighted by Crippen LogP contribution is 2.37. The minimum atomic E-state index is 0. The standard InChI is InChI=1S/C31H39NO.C10H14OS.C2H6.C2H4.H2/c1-6-25-8-14-30(15-9-25)31-18-16-29(17-19-31)27(7-2)21-32-23(4)28-12-10-26(11-13-28)20-22(3)24(5)33;1-7(11)8-5-6-9(12-8)10(2,3)4;2*1-2;/h7,10-13,16-19,21-22,25,30H,4,6,8-9,14-15,20H2,1-3,5H3;5-6H,1-4H3;1-2H3;1-2H2;1H/b27-7+,32-21?;;;;/t22-,25?,30?;;;;/m0..../s1. The third kappa shape index (κ3) is 14.4. The Morgan fingerprint density at radius 2 is 1.47 bits per heavy atom. The van der Waals surface area contributed by atoms with Crippen LogP contribution in [0.3, 0.4) is 0 Å². The minimum absolute atomic E-state index is 0. The monoisotopic (exact) mass is 683 g/mol. The third-order valence-electron chi connectivity index (χ3n) is 9.03. The van der Waals surface area contributed by atoms with Gasteiger partial charge in [0.25, 0.3) is 0 Å². The van der Waals surface area contributed by atoms with Crippen molar-refractivity contribution >= 4 is 40.4 Å². The molecule has 0 aliphatic heterocycles. The van der Waals surface area contributed by atoms with Crippen LogP contribution >= 0.6 is 11.3 Å². The van der Waals surface area contributed by atoms with Gasteiger partial charge in [-0.15, -0.1) is 24.5 Å². The number of carbonyl (C=O) groups is 2. The van der Waals surface area contributed by atoms with E-state index in [1.54, 1.807) is 25.2 Å². The topological polar surface area (TPSA) is 46.5 Å². The molecule has 0 saturated heterocycles. The van der Waals surface area contributed by atoms with Crippen molar-refractivity contribution in [1.29, 1.82) is 0 Å². The summed E-state index contributed by atoms with van der Waals surface area (Å²) in [4.78, 5) is 29.3. The average Bonchev–Trinajstić information content (AvgIpc) is 3.63. The van der Waals surface area contributed by atoms with Crippen LogP contribution in [0.2, 0.25) is 0 Å². The van der Waals surface area contributed by atoms with E-state index in [0.29, 0.717) is 5.92 Å². The Hall–Kier alpha value is -3.63. The zero-order chi connectivity index (χ0) is 37.1. The number of hydrogen-bond acceptors (Lipinski definition) is 4. The number of carbonyl (C=O) groups excluding carboxylic acids is 2. The van der Waals surface area contributed by atoms with Crippen molar-refractivity contribution in [3.63, 3.8) is 0 Å². The van der Waals surface area contributed by atoms with Gasteiger partial charge in [0.15, 0.2) is 5.78 Å². The summed E-state index contributed by atoms with van der Waals surface area (Å²) in [6, 6.07) is 21.2. The summed E-state index contributed by atoms with van der Waals surface area (Å²) in [7, 11) is 0. The molecule has 0 bridgehead atoms. The van der Waals surface area contributed by atoms with E-state index in [0.717, 1.165) is 39.6 Å². The maximum atomic E-state index is 11.5. The van der Waals surface area contributed by atoms with Crippen molar-refractivity contribution in [2.45, 2.75) is 119 Å². The minimum Gasteiger partial charge on any atom is -0.300 e. The predicted octanol–water partition coefficient (Wildman–Crippen LogP) is 13.6. The normalized spacial score (nSPS) is 16.6. The molecule has 4 rings (SSSR count). The van der Waals surface area contributed by atoms with Crippen LogP contribution in [0.15, 0.2) is 91.5 Å². The van der Waals surface area contributed by atoms with E-state index in [9.17, 15) is 9.59 Å². The van der Waals surface area contributed by atoms with Gasteiger partial charge in [0.1, 0.15) is 5.78 Å². The van der Waals surface area contributed by atoms with Crippen LogP contribution in [-0.4, -0.2) is 17.8 Å². The number of hydrogen-bond donors (Lipinski definition) is 0. The highest BCUT2D eigenvalue weighted by atomic mass is 32.1. The van der Waals surface area contributed by atoms with E-state index in [-0.39, 0.29) is 24.3 Å². The van der Waals surface area contributed by atoms with Gasteiger partial charge in [0, 0.05) is 18.4 Å². The summed E-state index contributed by atoms with van der Waals surface area (Å²) in [5.41, 5.74) is 6.83. The van der Waals surface area contributed by atoms with Gasteiger partial charge in [0.05, 0.1) is 10.6 Å². The molecule has 4 heteroatoms. The van der Waals surface area contributed by atoms with Gasteiger partial charge in [0.2, 0.25) is 0 Å². The summed E-state index contributed by atoms with van der Waals surface area (Å²) in [6.07, 6.45) is 11.5. The second-order valence-corrected chi connectivity index (χ2v) is 14.7. The van der Waals surface area contributed by atoms with Crippen molar-refractivity contribution in [2.24, 2.45) is 16.8 Å². The number of aliphatic imine (C=N–C) groups is 1. The Labute approximate surface area is 304 Å². The van der Waals surface area contributed by atoms with Gasteiger partial charge in [-0.25, -0.2) is 0 Å². The van der Waals surface area contributed by atoms with Crippen LogP contribution in [0, 0.1) is 11.8 Å². The van der Waals surface area contributed by atoms with E-state index >= 15 is 0 Å². The molecule has 49 heavy (non-hydrogen) atoms. The Kier molecular flexibility index (Phi) is 19.6. The van der Waals surface area contributed by atoms with E-state index < -0.39 is 0 Å². The summed E-state index contributed by atoms with van der Waals surface area (Å²) in [5.74, 6) is 2.08. The molecule has 268 valence electrons. The van der Waals surface area contributed by atoms with Crippen molar-refractivity contribution in [3.8, 4) is 0 Å². The molecule has 1 fully saturated rings. The summed E-state index contributed by atoms with van der Waals surface area (Å²) >= 11 is 1.60. The molecule has 0 unspecified atom stereocenters. The average molecular weight is 684 g/mol. The smallest absolute Gasteiger partial charge is 0.169 e. The van der Waals surface area contributed by atoms with Gasteiger partial charge in [-0.3, -0.25) is 14.6 Å². The molecule has 1 aliphatic rings. The number of nitrogens with zero attached hydrogens (tertiary/aromatic N) is 1. The molecule has 1 atom stereocenters. The third-order valence-corrected chi connectivity index (χ3v) is 10.6. The molecule has 3 aromatic rings. The maximum Gasteiger partial charge on any atom is 0.169 e. The number of thiophene rings is 1. The van der Waals surface area contributed by atoms with E-state index in [4.69, 9.17) is 0 Å². The van der Waals surface area contributed by atoms with Gasteiger partial charge < -0.3 is 0 Å². The van der Waals surface area contributed by atoms with Gasteiger partial charge in [-0.2, -0.15) is 0 Å². The summed E-state index contributed by atoms with van der Waals surface area (Å²) < 4.78 is 0. The van der Waals surface area contributed by atoms with Crippen LogP contribution in [0.25, 0.3) is 11.3 Å². The molecule has 2 aromatic carbocycles. The molecule has 0 spiro atoms. The summed E-state index contributed by atoms with van der Waals surface area (Å²) in [5, 5.41) is 0. The molecular formula is C45H65NO2S. The SMILES string of the molecule is C=C.C=C(N=C/C(=C\C)c1ccc(C2CCC(CC)CC2)cc1)c1ccc(C[C@H](C)C(C)=O)cc1.CC.CC(=O)c1ccc(C(C)(C)C)s1.[HH]. The lowest BCUT2D eigenvalue weighted by molar-refractivity contribution is -0.120. The zero-order valence-electron chi connectivity index (χ0n) is 32.2. The fourth-order valence-electron chi connectivity index (χ4n) is 5.65. The van der Waals surface area contributed by atoms with E-state index in [1.165, 1.54) is 48.1 Å². The fourth-order valence-corrected chi connectivity index (χ4v) is 6.61. The van der Waals surface area contributed by atoms with Crippen LogP contribution in [0.1, 0.15) is 145 Å². The molecule has 3 nitrogen and oxygen atoms in total. The molecule has 1 aromatic heterocycles. The number of allylic oxidation sites excluding steroid dienone is 2. The first-order chi connectivity index (χ1) is 23.3. The van der Waals surface area contributed by atoms with Gasteiger partial charge in [-0.1, -0.05) is 116 Å². The van der Waals surface area contributed by atoms with E-state index in [1.807, 2.05) is 51.3 Å². The van der Waals surface area contributed by atoms with Crippen LogP contribution < -0.4 is 0 Å². The molecule has 0 radical (unpaired) electrons. The molecule has 0 amide bonds. The lowest BCUT2D eigenvalue weighted by atomic mass is 9.77. The summed E-state index contributed by atoms with van der Waals surface area (Å²) in [6.45, 7) is 30.2. The Bertz CT molecular complexity index is 1500. The zero-order valence-corrected chi connectivity index (χ0v) is 33.0. The molecule has 0 N–H and O–H groups in total. The quantitative estimate of drug-likeness (QED) is 0.121. The number of ketones is 2. The second-order valence-electron chi connectivity index (χ2n) is 13.6. The van der Waals surface area contributed by atoms with Crippen molar-refractivity contribution in [1.82, 2.24) is 0 Å². The van der Waals surface area contributed by atoms with E-state index in [2.05, 4.69) is 102 Å². The van der Waals surface area contributed by atoms with Crippen LogP contribution in [0.5, 0.6) is 0 Å². The second kappa shape index (κ2) is 22.2. The predicted molar refractivity (Wildman–Crippen MR) is 220 cm³/mol. The number of benzene rings is 2. The maximum absolute atomic E-state index is 11.5. The largest absolute Gasteiger partial charge is 0.300 e. The molecule has 1 aliphatic carbocycles. The van der Waals surface area contributed by atoms with Crippen molar-refractivity contribution in [3.05, 3.63) is 118 Å². The fraction of sp³-hybridized carbons (Fsp3) is 0.444. The van der Waals surface area contributed by atoms with Crippen molar-refractivity contribution < 1.29 is 11.0 Å². The van der Waals surface area contributed by atoms with Crippen LogP contribution in [-0.2, 0) is 16.6 Å². The van der Waals surface area contributed by atoms with Crippen LogP contribution in [0.4, 0.5) is 0 Å². The Morgan fingerprint density at radius 3 is 1.90 bits per heavy atom. The lowest BCUT2D eigenvalue weighted by Gasteiger charge is -2.28. The lowest BCUT2D eigenvalue weighted by Crippen LogP contribution is -2.12. The van der Waals surface area contributed by atoms with Crippen molar-refractivity contribution in [2.75, 3.05) is 0 Å². The Morgan fingerprint density at radius 1 is 0.918 bits per heavy atom. The number of rotatable bonds is 10. The first kappa shape index (κ1) is 43.4. The highest BCUT2D eigenvalue weighted by Gasteiger charge is 2.21.